The van der Waals surface area contributed by atoms with Gasteiger partial charge >= 0.3 is 6.09 Å². The maximum absolute atomic E-state index is 13.3. The normalized spacial score (nSPS) is 15.9. The Kier molecular flexibility index (Phi) is 9.51. The Hall–Kier alpha value is -3.29. The molecule has 1 unspecified atom stereocenters. The Bertz CT molecular complexity index is 1020. The first-order chi connectivity index (χ1) is 16.3. The van der Waals surface area contributed by atoms with Crippen LogP contribution in [0.4, 0.5) is 4.79 Å². The number of nitrogens with one attached hydrogen (secondary N) is 1. The highest BCUT2D eigenvalue weighted by Gasteiger charge is 2.33. The number of nitrogens with zero attached hydrogens (tertiary/aromatic N) is 1. The van der Waals surface area contributed by atoms with E-state index >= 15 is 0 Å². The van der Waals surface area contributed by atoms with Crippen molar-refractivity contribution in [1.82, 2.24) is 10.2 Å². The van der Waals surface area contributed by atoms with Crippen molar-refractivity contribution in [2.45, 2.75) is 72.3 Å². The molecule has 2 rings (SSSR count). The topological polar surface area (TPSA) is 110 Å². The Labute approximate surface area is 207 Å². The average molecular weight is 485 g/mol. The number of ketones is 2. The molecule has 0 radical (unpaired) electrons. The molecule has 8 heteroatoms. The minimum Gasteiger partial charge on any atom is -0.444 e. The number of piperidine rings is 1. The van der Waals surface area contributed by atoms with Crippen LogP contribution >= 0.6 is 0 Å². The monoisotopic (exact) mass is 484 g/mol. The van der Waals surface area contributed by atoms with E-state index in [0.717, 1.165) is 12.0 Å². The zero-order valence-corrected chi connectivity index (χ0v) is 21.4. The zero-order valence-electron chi connectivity index (χ0n) is 21.4. The SMILES string of the molecule is C=C(C(=O)c1cc(CCCN(CCC)C(=O)OC(C)(C)C)ccc1C(C)=O)C1CCC(=O)NC1=O. The summed E-state index contributed by atoms with van der Waals surface area (Å²) >= 11 is 0. The average Bonchev–Trinajstić information content (AvgIpc) is 2.76. The number of aryl methyl sites for hydroxylation is 1. The molecule has 1 atom stereocenters. The molecule has 1 aromatic rings. The van der Waals surface area contributed by atoms with Crippen molar-refractivity contribution in [2.75, 3.05) is 13.1 Å². The second-order valence-corrected chi connectivity index (χ2v) is 9.87. The number of hydrogen-bond donors (Lipinski definition) is 1. The molecule has 0 bridgehead atoms. The predicted octanol–water partition coefficient (Wildman–Crippen LogP) is 4.26. The van der Waals surface area contributed by atoms with Crippen molar-refractivity contribution in [2.24, 2.45) is 5.92 Å². The number of carbonyl (C=O) groups excluding carboxylic acids is 5. The van der Waals surface area contributed by atoms with E-state index in [4.69, 9.17) is 4.74 Å². The van der Waals surface area contributed by atoms with Crippen molar-refractivity contribution in [1.29, 1.82) is 0 Å². The van der Waals surface area contributed by atoms with Gasteiger partial charge in [-0.15, -0.1) is 0 Å². The third kappa shape index (κ3) is 7.87. The summed E-state index contributed by atoms with van der Waals surface area (Å²) in [5, 5.41) is 2.24. The van der Waals surface area contributed by atoms with Crippen LogP contribution in [0.3, 0.4) is 0 Å². The standard InChI is InChI=1S/C27H36N2O6/c1-7-14-29(26(34)35-27(4,5)6)15-8-9-19-10-11-21(18(3)30)22(16-19)24(32)17(2)20-12-13-23(31)28-25(20)33/h10-11,16,20H,2,7-9,12-15H2,1,3-6H3,(H,28,31,33). The smallest absolute Gasteiger partial charge is 0.410 e. The lowest BCUT2D eigenvalue weighted by Gasteiger charge is -2.27. The molecule has 3 amide bonds. The van der Waals surface area contributed by atoms with E-state index in [-0.39, 0.29) is 47.3 Å². The fourth-order valence-electron chi connectivity index (χ4n) is 3.96. The van der Waals surface area contributed by atoms with E-state index in [9.17, 15) is 24.0 Å². The number of ether oxygens (including phenoxy) is 1. The van der Waals surface area contributed by atoms with Crippen LogP contribution in [-0.2, 0) is 20.7 Å². The molecule has 1 aromatic carbocycles. The van der Waals surface area contributed by atoms with E-state index in [1.807, 2.05) is 27.7 Å². The molecular formula is C27H36N2O6. The Balaban J connectivity index is 2.16. The van der Waals surface area contributed by atoms with Crippen LogP contribution < -0.4 is 5.32 Å². The van der Waals surface area contributed by atoms with Crippen molar-refractivity contribution < 1.29 is 28.7 Å². The van der Waals surface area contributed by atoms with Gasteiger partial charge in [0, 0.05) is 36.2 Å². The van der Waals surface area contributed by atoms with Crippen LogP contribution in [0, 0.1) is 5.92 Å². The summed E-state index contributed by atoms with van der Waals surface area (Å²) in [6.45, 7) is 13.7. The van der Waals surface area contributed by atoms with Crippen LogP contribution in [0.5, 0.6) is 0 Å². The van der Waals surface area contributed by atoms with Gasteiger partial charge in [0.15, 0.2) is 11.6 Å². The summed E-state index contributed by atoms with van der Waals surface area (Å²) in [4.78, 5) is 63.3. The van der Waals surface area contributed by atoms with Crippen LogP contribution in [0.1, 0.15) is 86.6 Å². The molecule has 0 aromatic heterocycles. The Morgan fingerprint density at radius 2 is 1.83 bits per heavy atom. The molecule has 1 heterocycles. The number of hydrogen-bond acceptors (Lipinski definition) is 6. The number of imide groups is 1. The largest absolute Gasteiger partial charge is 0.444 e. The molecule has 0 saturated carbocycles. The highest BCUT2D eigenvalue weighted by atomic mass is 16.6. The number of rotatable bonds is 10. The molecule has 1 aliphatic rings. The van der Waals surface area contributed by atoms with Gasteiger partial charge in [0.1, 0.15) is 5.60 Å². The molecule has 1 fully saturated rings. The van der Waals surface area contributed by atoms with Gasteiger partial charge in [0.25, 0.3) is 0 Å². The van der Waals surface area contributed by atoms with Gasteiger partial charge in [0.2, 0.25) is 11.8 Å². The quantitative estimate of drug-likeness (QED) is 0.302. The van der Waals surface area contributed by atoms with Crippen molar-refractivity contribution in [3.05, 3.63) is 47.0 Å². The predicted molar refractivity (Wildman–Crippen MR) is 132 cm³/mol. The fourth-order valence-corrected chi connectivity index (χ4v) is 3.96. The van der Waals surface area contributed by atoms with Gasteiger partial charge in [-0.3, -0.25) is 24.5 Å². The first-order valence-corrected chi connectivity index (χ1v) is 12.0. The van der Waals surface area contributed by atoms with E-state index in [2.05, 4.69) is 11.9 Å². The summed E-state index contributed by atoms with van der Waals surface area (Å²) in [6, 6.07) is 5.06. The molecule has 8 nitrogen and oxygen atoms in total. The van der Waals surface area contributed by atoms with Crippen molar-refractivity contribution >= 4 is 29.5 Å². The van der Waals surface area contributed by atoms with E-state index < -0.39 is 23.2 Å². The Morgan fingerprint density at radius 1 is 1.14 bits per heavy atom. The van der Waals surface area contributed by atoms with Crippen molar-refractivity contribution in [3.63, 3.8) is 0 Å². The first-order valence-electron chi connectivity index (χ1n) is 12.0. The summed E-state index contributed by atoms with van der Waals surface area (Å²) in [7, 11) is 0. The maximum atomic E-state index is 13.3. The van der Waals surface area contributed by atoms with E-state index in [0.29, 0.717) is 25.9 Å². The molecule has 0 aliphatic carbocycles. The molecule has 35 heavy (non-hydrogen) atoms. The molecular weight excluding hydrogens is 448 g/mol. The third-order valence-corrected chi connectivity index (χ3v) is 5.70. The second-order valence-electron chi connectivity index (χ2n) is 9.87. The molecule has 190 valence electrons. The van der Waals surface area contributed by atoms with Gasteiger partial charge in [-0.2, -0.15) is 0 Å². The fraction of sp³-hybridized carbons (Fsp3) is 0.519. The minimum atomic E-state index is -0.805. The summed E-state index contributed by atoms with van der Waals surface area (Å²) < 4.78 is 5.49. The molecule has 1 saturated heterocycles. The van der Waals surface area contributed by atoms with Gasteiger partial charge in [-0.05, 0) is 65.0 Å². The maximum Gasteiger partial charge on any atom is 0.410 e. The number of amides is 3. The van der Waals surface area contributed by atoms with Crippen LogP contribution in [0.2, 0.25) is 0 Å². The van der Waals surface area contributed by atoms with E-state index in [1.54, 1.807) is 23.1 Å². The summed E-state index contributed by atoms with van der Waals surface area (Å²) in [5.41, 5.74) is 0.769. The van der Waals surface area contributed by atoms with Crippen molar-refractivity contribution in [3.8, 4) is 0 Å². The van der Waals surface area contributed by atoms with E-state index in [1.165, 1.54) is 6.92 Å². The summed E-state index contributed by atoms with van der Waals surface area (Å²) in [6.07, 6.45) is 2.00. The highest BCUT2D eigenvalue weighted by molar-refractivity contribution is 6.17. The van der Waals surface area contributed by atoms with Gasteiger partial charge in [0.05, 0.1) is 5.92 Å². The molecule has 1 aliphatic heterocycles. The summed E-state index contributed by atoms with van der Waals surface area (Å²) in [5.74, 6) is -2.47. The second kappa shape index (κ2) is 11.9. The number of carbonyl (C=O) groups is 5. The minimum absolute atomic E-state index is 0.0636. The van der Waals surface area contributed by atoms with Gasteiger partial charge < -0.3 is 9.64 Å². The van der Waals surface area contributed by atoms with Gasteiger partial charge in [-0.25, -0.2) is 4.79 Å². The lowest BCUT2D eigenvalue weighted by atomic mass is 9.84. The highest BCUT2D eigenvalue weighted by Crippen LogP contribution is 2.26. The lowest BCUT2D eigenvalue weighted by molar-refractivity contribution is -0.135. The first kappa shape index (κ1) is 28.0. The molecule has 0 spiro atoms. The Morgan fingerprint density at radius 3 is 2.40 bits per heavy atom. The number of Topliss-reactive ketones (excluding diaryl/α,β-unsaturated/α-hetero) is 2. The lowest BCUT2D eigenvalue weighted by Crippen LogP contribution is -2.42. The van der Waals surface area contributed by atoms with Gasteiger partial charge in [-0.1, -0.05) is 25.6 Å². The van der Waals surface area contributed by atoms with Crippen LogP contribution in [0.25, 0.3) is 0 Å². The van der Waals surface area contributed by atoms with Crippen LogP contribution in [0.15, 0.2) is 30.4 Å². The zero-order chi connectivity index (χ0) is 26.3. The number of benzene rings is 1. The van der Waals surface area contributed by atoms with Crippen LogP contribution in [-0.4, -0.2) is 53.1 Å². The molecule has 1 N–H and O–H groups in total. The third-order valence-electron chi connectivity index (χ3n) is 5.70.